The number of aromatic hydroxyl groups is 1. The molecule has 2 rings (SSSR count). The van der Waals surface area contributed by atoms with E-state index in [0.717, 1.165) is 22.4 Å². The van der Waals surface area contributed by atoms with Crippen molar-refractivity contribution in [2.45, 2.75) is 72.6 Å². The van der Waals surface area contributed by atoms with E-state index in [1.165, 1.54) is 11.1 Å². The molecule has 0 unspecified atom stereocenters. The van der Waals surface area contributed by atoms with Crippen LogP contribution in [0.25, 0.3) is 0 Å². The summed E-state index contributed by atoms with van der Waals surface area (Å²) in [6.07, 6.45) is 0.922. The smallest absolute Gasteiger partial charge is 0.127 e. The van der Waals surface area contributed by atoms with Crippen molar-refractivity contribution in [3.8, 4) is 5.75 Å². The third-order valence-corrected chi connectivity index (χ3v) is 5.24. The van der Waals surface area contributed by atoms with Crippen molar-refractivity contribution in [1.29, 1.82) is 0 Å². The maximum atomic E-state index is 10.9. The minimum atomic E-state index is -0.0958. The van der Waals surface area contributed by atoms with Gasteiger partial charge in [-0.15, -0.1) is 0 Å². The van der Waals surface area contributed by atoms with E-state index in [-0.39, 0.29) is 16.2 Å². The third kappa shape index (κ3) is 2.63. The molecule has 0 saturated carbocycles. The van der Waals surface area contributed by atoms with Gasteiger partial charge in [0.2, 0.25) is 0 Å². The predicted molar refractivity (Wildman–Crippen MR) is 94.7 cm³/mol. The average molecular weight is 304 g/mol. The Balaban J connectivity index is 2.87. The molecule has 1 aliphatic carbocycles. The fraction of sp³-hybridized carbons (Fsp3) is 0.632. The first-order valence-corrected chi connectivity index (χ1v) is 8.12. The van der Waals surface area contributed by atoms with Gasteiger partial charge in [-0.25, -0.2) is 0 Å². The summed E-state index contributed by atoms with van der Waals surface area (Å²) in [5.41, 5.74) is 4.43. The molecule has 2 heteroatoms. The number of fused-ring (bicyclic) bond motifs is 1. The van der Waals surface area contributed by atoms with Crippen molar-refractivity contribution in [2.24, 2.45) is 5.41 Å². The summed E-state index contributed by atoms with van der Waals surface area (Å²) in [6.45, 7) is 17.5. The van der Waals surface area contributed by atoms with Gasteiger partial charge in [0.1, 0.15) is 5.75 Å². The molecule has 21 heavy (non-hydrogen) atoms. The highest BCUT2D eigenvalue weighted by Crippen LogP contribution is 2.48. The summed E-state index contributed by atoms with van der Waals surface area (Å²) in [5.74, 6) is 0.404. The Morgan fingerprint density at radius 3 is 1.90 bits per heavy atom. The van der Waals surface area contributed by atoms with Crippen molar-refractivity contribution in [1.82, 2.24) is 0 Å². The van der Waals surface area contributed by atoms with Crippen molar-refractivity contribution >= 4 is 17.1 Å². The van der Waals surface area contributed by atoms with Gasteiger partial charge in [0, 0.05) is 21.4 Å². The van der Waals surface area contributed by atoms with Crippen LogP contribution in [0.1, 0.15) is 77.6 Å². The maximum absolute atomic E-state index is 10.9. The lowest BCUT2D eigenvalue weighted by molar-refractivity contribution is 0.443. The second kappa shape index (κ2) is 4.55. The van der Waals surface area contributed by atoms with Crippen LogP contribution in [0.5, 0.6) is 5.75 Å². The monoisotopic (exact) mass is 304 g/mol. The Hall–Kier alpha value is -0.890. The van der Waals surface area contributed by atoms with Crippen molar-refractivity contribution < 1.29 is 5.11 Å². The molecule has 0 fully saturated rings. The standard InChI is InChI=1S/C19H28OS/c1-17(2,3)12-9-13(18(4,5)6)15(20)14-11(12)10-19(7,8)16(14)21/h9,20H,10H2,1-8H3. The molecule has 1 N–H and O–H groups in total. The highest BCUT2D eigenvalue weighted by atomic mass is 32.1. The van der Waals surface area contributed by atoms with Gasteiger partial charge in [0.05, 0.1) is 0 Å². The number of phenols is 1. The van der Waals surface area contributed by atoms with E-state index in [1.54, 1.807) is 0 Å². The Kier molecular flexibility index (Phi) is 3.57. The van der Waals surface area contributed by atoms with Crippen molar-refractivity contribution in [3.63, 3.8) is 0 Å². The van der Waals surface area contributed by atoms with Gasteiger partial charge in [-0.05, 0) is 28.4 Å². The predicted octanol–water partition coefficient (Wildman–Crippen LogP) is 5.29. The van der Waals surface area contributed by atoms with Crippen LogP contribution in [-0.4, -0.2) is 9.97 Å². The first kappa shape index (κ1) is 16.5. The molecule has 1 nitrogen and oxygen atoms in total. The fourth-order valence-corrected chi connectivity index (χ4v) is 3.53. The van der Waals surface area contributed by atoms with Crippen LogP contribution < -0.4 is 0 Å². The minimum absolute atomic E-state index is 0.0494. The van der Waals surface area contributed by atoms with E-state index in [4.69, 9.17) is 12.2 Å². The summed E-state index contributed by atoms with van der Waals surface area (Å²) in [4.78, 5) is 0.909. The lowest BCUT2D eigenvalue weighted by Gasteiger charge is -2.29. The first-order chi connectivity index (χ1) is 9.27. The van der Waals surface area contributed by atoms with Crippen molar-refractivity contribution in [3.05, 3.63) is 28.3 Å². The van der Waals surface area contributed by atoms with Gasteiger partial charge >= 0.3 is 0 Å². The largest absolute Gasteiger partial charge is 0.507 e. The Bertz CT molecular complexity index is 610. The lowest BCUT2D eigenvalue weighted by Crippen LogP contribution is -2.19. The van der Waals surface area contributed by atoms with Crippen LogP contribution in [-0.2, 0) is 17.3 Å². The van der Waals surface area contributed by atoms with Gasteiger partial charge in [-0.2, -0.15) is 0 Å². The van der Waals surface area contributed by atoms with E-state index in [2.05, 4.69) is 61.5 Å². The molecule has 0 radical (unpaired) electrons. The zero-order chi connectivity index (χ0) is 16.4. The van der Waals surface area contributed by atoms with E-state index in [1.807, 2.05) is 0 Å². The molecule has 0 aromatic heterocycles. The highest BCUT2D eigenvalue weighted by molar-refractivity contribution is 7.81. The number of phenolic OH excluding ortho intramolecular Hbond substituents is 1. The van der Waals surface area contributed by atoms with Crippen LogP contribution in [0, 0.1) is 5.41 Å². The third-order valence-electron chi connectivity index (χ3n) is 4.48. The van der Waals surface area contributed by atoms with Gasteiger partial charge in [-0.3, -0.25) is 0 Å². The molecule has 116 valence electrons. The molecule has 0 aliphatic heterocycles. The van der Waals surface area contributed by atoms with Crippen LogP contribution in [0.4, 0.5) is 0 Å². The zero-order valence-corrected chi connectivity index (χ0v) is 15.5. The number of hydrogen-bond acceptors (Lipinski definition) is 2. The van der Waals surface area contributed by atoms with Crippen LogP contribution in [0.2, 0.25) is 0 Å². The molecule has 0 amide bonds. The molecule has 0 bridgehead atoms. The topological polar surface area (TPSA) is 20.2 Å². The average Bonchev–Trinajstić information content (AvgIpc) is 2.47. The Labute approximate surface area is 134 Å². The highest BCUT2D eigenvalue weighted by Gasteiger charge is 2.41. The summed E-state index contributed by atoms with van der Waals surface area (Å²) < 4.78 is 0. The first-order valence-electron chi connectivity index (χ1n) is 7.71. The molecule has 1 aromatic carbocycles. The van der Waals surface area contributed by atoms with Gasteiger partial charge < -0.3 is 5.11 Å². The van der Waals surface area contributed by atoms with Gasteiger partial charge in [-0.1, -0.05) is 73.7 Å². The zero-order valence-electron chi connectivity index (χ0n) is 14.6. The molecule has 1 aliphatic rings. The second-order valence-electron chi connectivity index (χ2n) is 9.06. The Morgan fingerprint density at radius 2 is 1.48 bits per heavy atom. The number of benzene rings is 1. The summed E-state index contributed by atoms with van der Waals surface area (Å²) in [7, 11) is 0. The molecular formula is C19H28OS. The minimum Gasteiger partial charge on any atom is -0.507 e. The number of rotatable bonds is 0. The van der Waals surface area contributed by atoms with Crippen LogP contribution in [0.3, 0.4) is 0 Å². The van der Waals surface area contributed by atoms with E-state index < -0.39 is 0 Å². The lowest BCUT2D eigenvalue weighted by atomic mass is 9.76. The molecule has 0 heterocycles. The summed E-state index contributed by atoms with van der Waals surface area (Å²) >= 11 is 5.70. The fourth-order valence-electron chi connectivity index (χ4n) is 3.24. The molecular weight excluding hydrogens is 276 g/mol. The molecule has 0 saturated heterocycles. The van der Waals surface area contributed by atoms with Crippen LogP contribution >= 0.6 is 12.2 Å². The van der Waals surface area contributed by atoms with E-state index in [9.17, 15) is 5.11 Å². The van der Waals surface area contributed by atoms with Crippen molar-refractivity contribution in [2.75, 3.05) is 0 Å². The van der Waals surface area contributed by atoms with E-state index >= 15 is 0 Å². The SMILES string of the molecule is CC1(C)Cc2c(C(C)(C)C)cc(C(C)(C)C)c(O)c2C1=S. The number of thiocarbonyl (C=S) groups is 1. The van der Waals surface area contributed by atoms with Gasteiger partial charge in [0.25, 0.3) is 0 Å². The quantitative estimate of drug-likeness (QED) is 0.657. The summed E-state index contributed by atoms with van der Waals surface area (Å²) in [5, 5.41) is 10.9. The van der Waals surface area contributed by atoms with Gasteiger partial charge in [0.15, 0.2) is 0 Å². The number of hydrogen-bond donors (Lipinski definition) is 1. The summed E-state index contributed by atoms with van der Waals surface area (Å²) in [6, 6.07) is 2.21. The van der Waals surface area contributed by atoms with Crippen LogP contribution in [0.15, 0.2) is 6.07 Å². The molecule has 1 aromatic rings. The normalized spacial score (nSPS) is 18.0. The van der Waals surface area contributed by atoms with E-state index in [0.29, 0.717) is 5.75 Å². The second-order valence-corrected chi connectivity index (χ2v) is 9.47. The molecule has 0 atom stereocenters. The maximum Gasteiger partial charge on any atom is 0.127 e. The Morgan fingerprint density at radius 1 is 1.00 bits per heavy atom. The molecule has 0 spiro atoms.